The minimum atomic E-state index is 0.360. The molecule has 4 rings (SSSR count). The second-order valence-electron chi connectivity index (χ2n) is 5.21. The molecule has 0 N–H and O–H groups in total. The highest BCUT2D eigenvalue weighted by Crippen LogP contribution is 2.32. The minimum absolute atomic E-state index is 0.360. The average Bonchev–Trinajstić information content (AvgIpc) is 3.29. The Kier molecular flexibility index (Phi) is 3.92. The van der Waals surface area contributed by atoms with Crippen molar-refractivity contribution in [1.82, 2.24) is 14.8 Å². The molecule has 1 aromatic carbocycles. The first-order valence-electron chi connectivity index (χ1n) is 7.82. The van der Waals surface area contributed by atoms with Crippen LogP contribution in [-0.2, 0) is 11.3 Å². The third-order valence-electron chi connectivity index (χ3n) is 3.62. The lowest BCUT2D eigenvalue weighted by atomic mass is 10.2. The Balaban J connectivity index is 1.75. The average molecular weight is 327 g/mol. The lowest BCUT2D eigenvalue weighted by Gasteiger charge is -2.19. The summed E-state index contributed by atoms with van der Waals surface area (Å²) in [5.41, 5.74) is 0.833. The van der Waals surface area contributed by atoms with Gasteiger partial charge in [-0.15, -0.1) is 5.10 Å². The Morgan fingerprint density at radius 3 is 2.83 bits per heavy atom. The molecule has 0 saturated heterocycles. The summed E-state index contributed by atoms with van der Waals surface area (Å²) >= 11 is 0. The molecule has 0 bridgehead atoms. The zero-order valence-corrected chi connectivity index (χ0v) is 13.3. The molecule has 3 heterocycles. The zero-order chi connectivity index (χ0) is 16.4. The molecule has 3 aromatic rings. The maximum Gasteiger partial charge on any atom is 0.217 e. The van der Waals surface area contributed by atoms with Crippen LogP contribution < -0.4 is 9.47 Å². The molecule has 124 valence electrons. The summed E-state index contributed by atoms with van der Waals surface area (Å²) in [7, 11) is 0. The number of fused-ring (bicyclic) bond motifs is 1. The molecule has 0 saturated carbocycles. The highest BCUT2D eigenvalue weighted by molar-refractivity contribution is 5.51. The van der Waals surface area contributed by atoms with Crippen molar-refractivity contribution >= 4 is 0 Å². The summed E-state index contributed by atoms with van der Waals surface area (Å²) in [6.07, 6.45) is 1.60. The van der Waals surface area contributed by atoms with Gasteiger partial charge in [-0.05, 0) is 31.2 Å². The number of ether oxygens (including phenoxy) is 3. The van der Waals surface area contributed by atoms with Crippen molar-refractivity contribution in [2.24, 2.45) is 0 Å². The van der Waals surface area contributed by atoms with Gasteiger partial charge in [0.2, 0.25) is 5.82 Å². The largest absolute Gasteiger partial charge is 0.486 e. The number of nitrogens with zero attached hydrogens (tertiary/aromatic N) is 3. The van der Waals surface area contributed by atoms with Crippen LogP contribution in [0.3, 0.4) is 0 Å². The second-order valence-corrected chi connectivity index (χ2v) is 5.21. The molecule has 24 heavy (non-hydrogen) atoms. The van der Waals surface area contributed by atoms with E-state index in [4.69, 9.17) is 18.6 Å². The van der Waals surface area contributed by atoms with E-state index in [-0.39, 0.29) is 0 Å². The van der Waals surface area contributed by atoms with Gasteiger partial charge in [-0.25, -0.2) is 9.67 Å². The van der Waals surface area contributed by atoms with Crippen LogP contribution in [-0.4, -0.2) is 34.6 Å². The molecule has 0 spiro atoms. The van der Waals surface area contributed by atoms with E-state index in [0.717, 1.165) is 11.4 Å². The van der Waals surface area contributed by atoms with Crippen LogP contribution in [0.4, 0.5) is 0 Å². The van der Waals surface area contributed by atoms with E-state index in [1.54, 1.807) is 10.9 Å². The van der Waals surface area contributed by atoms with Gasteiger partial charge in [0.1, 0.15) is 19.8 Å². The van der Waals surface area contributed by atoms with Crippen LogP contribution >= 0.6 is 0 Å². The zero-order valence-electron chi connectivity index (χ0n) is 13.3. The molecule has 0 aliphatic carbocycles. The predicted octanol–water partition coefficient (Wildman–Crippen LogP) is 2.84. The van der Waals surface area contributed by atoms with Crippen LogP contribution in [0.15, 0.2) is 41.0 Å². The summed E-state index contributed by atoms with van der Waals surface area (Å²) in [6.45, 7) is 4.01. The summed E-state index contributed by atoms with van der Waals surface area (Å²) in [5, 5.41) is 4.56. The Labute approximate surface area is 138 Å². The van der Waals surface area contributed by atoms with Crippen molar-refractivity contribution in [3.05, 3.63) is 42.4 Å². The van der Waals surface area contributed by atoms with Crippen molar-refractivity contribution in [3.8, 4) is 28.8 Å². The molecule has 0 amide bonds. The van der Waals surface area contributed by atoms with Gasteiger partial charge in [0.15, 0.2) is 23.1 Å². The smallest absolute Gasteiger partial charge is 0.217 e. The highest BCUT2D eigenvalue weighted by atomic mass is 16.6. The second kappa shape index (κ2) is 6.37. The molecule has 1 aliphatic heterocycles. The number of rotatable bonds is 5. The van der Waals surface area contributed by atoms with Crippen LogP contribution in [0.2, 0.25) is 0 Å². The van der Waals surface area contributed by atoms with Gasteiger partial charge in [-0.2, -0.15) is 0 Å². The molecule has 2 aromatic heterocycles. The van der Waals surface area contributed by atoms with Crippen molar-refractivity contribution < 1.29 is 18.6 Å². The number of hydrogen-bond acceptors (Lipinski definition) is 6. The maximum absolute atomic E-state index is 5.65. The van der Waals surface area contributed by atoms with Crippen molar-refractivity contribution in [1.29, 1.82) is 0 Å². The van der Waals surface area contributed by atoms with E-state index < -0.39 is 0 Å². The first kappa shape index (κ1) is 14.8. The van der Waals surface area contributed by atoms with Gasteiger partial charge >= 0.3 is 0 Å². The fourth-order valence-electron chi connectivity index (χ4n) is 2.51. The molecular weight excluding hydrogens is 310 g/mol. The van der Waals surface area contributed by atoms with Gasteiger partial charge < -0.3 is 18.6 Å². The van der Waals surface area contributed by atoms with Gasteiger partial charge in [-0.1, -0.05) is 0 Å². The van der Waals surface area contributed by atoms with E-state index in [9.17, 15) is 0 Å². The molecule has 7 nitrogen and oxygen atoms in total. The number of benzene rings is 1. The van der Waals surface area contributed by atoms with Gasteiger partial charge in [-0.3, -0.25) is 0 Å². The summed E-state index contributed by atoms with van der Waals surface area (Å²) < 4.78 is 23.9. The molecule has 0 fully saturated rings. The fraction of sp³-hybridized carbons (Fsp3) is 0.294. The molecular formula is C17H17N3O4. The van der Waals surface area contributed by atoms with E-state index in [1.807, 2.05) is 37.3 Å². The normalized spacial score (nSPS) is 13.2. The van der Waals surface area contributed by atoms with Gasteiger partial charge in [0.05, 0.1) is 12.0 Å². The molecule has 0 atom stereocenters. The lowest BCUT2D eigenvalue weighted by molar-refractivity contribution is 0.126. The van der Waals surface area contributed by atoms with Crippen molar-refractivity contribution in [2.75, 3.05) is 19.8 Å². The van der Waals surface area contributed by atoms with Crippen molar-refractivity contribution in [2.45, 2.75) is 13.5 Å². The summed E-state index contributed by atoms with van der Waals surface area (Å²) in [5.74, 6) is 3.27. The topological polar surface area (TPSA) is 71.5 Å². The first-order valence-corrected chi connectivity index (χ1v) is 7.82. The SMILES string of the molecule is CCOCc1nc(-c2ccco2)nn1-c1ccc2c(c1)OCCO2. The molecule has 7 heteroatoms. The molecule has 1 aliphatic rings. The van der Waals surface area contributed by atoms with E-state index >= 15 is 0 Å². The van der Waals surface area contributed by atoms with Gasteiger partial charge in [0, 0.05) is 12.7 Å². The molecule has 0 unspecified atom stereocenters. The van der Waals surface area contributed by atoms with Crippen LogP contribution in [0.5, 0.6) is 11.5 Å². The third-order valence-corrected chi connectivity index (χ3v) is 3.62. The van der Waals surface area contributed by atoms with Crippen molar-refractivity contribution in [3.63, 3.8) is 0 Å². The Bertz CT molecular complexity index is 826. The number of hydrogen-bond donors (Lipinski definition) is 0. The Hall–Kier alpha value is -2.80. The van der Waals surface area contributed by atoms with Crippen LogP contribution in [0, 0.1) is 0 Å². The highest BCUT2D eigenvalue weighted by Gasteiger charge is 2.18. The monoisotopic (exact) mass is 327 g/mol. The standard InChI is InChI=1S/C17H17N3O4/c1-2-21-11-16-18-17(14-4-3-7-22-14)19-20(16)12-5-6-13-15(10-12)24-9-8-23-13/h3-7,10H,2,8-9,11H2,1H3. The summed E-state index contributed by atoms with van der Waals surface area (Å²) in [4.78, 5) is 4.54. The van der Waals surface area contributed by atoms with E-state index in [0.29, 0.717) is 49.6 Å². The van der Waals surface area contributed by atoms with E-state index in [2.05, 4.69) is 10.1 Å². The van der Waals surface area contributed by atoms with Crippen LogP contribution in [0.25, 0.3) is 17.3 Å². The third kappa shape index (κ3) is 2.74. The lowest BCUT2D eigenvalue weighted by Crippen LogP contribution is -2.15. The quantitative estimate of drug-likeness (QED) is 0.717. The first-order chi connectivity index (χ1) is 11.8. The van der Waals surface area contributed by atoms with Crippen LogP contribution in [0.1, 0.15) is 12.7 Å². The summed E-state index contributed by atoms with van der Waals surface area (Å²) in [6, 6.07) is 9.33. The molecule has 0 radical (unpaired) electrons. The van der Waals surface area contributed by atoms with Gasteiger partial charge in [0.25, 0.3) is 0 Å². The number of furan rings is 1. The predicted molar refractivity (Wildman–Crippen MR) is 85.4 cm³/mol. The maximum atomic E-state index is 5.65. The Morgan fingerprint density at radius 1 is 1.17 bits per heavy atom. The minimum Gasteiger partial charge on any atom is -0.486 e. The number of aromatic nitrogens is 3. The Morgan fingerprint density at radius 2 is 2.04 bits per heavy atom. The fourth-order valence-corrected chi connectivity index (χ4v) is 2.51. The van der Waals surface area contributed by atoms with E-state index in [1.165, 1.54) is 0 Å².